The minimum absolute atomic E-state index is 0.0608. The van der Waals surface area contributed by atoms with E-state index in [2.05, 4.69) is 62.5 Å². The summed E-state index contributed by atoms with van der Waals surface area (Å²) in [6.07, 6.45) is 37.5. The maximum atomic E-state index is 12.5. The van der Waals surface area contributed by atoms with Gasteiger partial charge < -0.3 is 14.9 Å². The van der Waals surface area contributed by atoms with Gasteiger partial charge in [0.2, 0.25) is 0 Å². The molecule has 236 valence electrons. The molecule has 0 aliphatic heterocycles. The molecule has 0 radical (unpaired) electrons. The lowest BCUT2D eigenvalue weighted by molar-refractivity contribution is -0.149. The van der Waals surface area contributed by atoms with Crippen LogP contribution in [0.25, 0.3) is 0 Å². The lowest BCUT2D eigenvalue weighted by atomic mass is 10.1. The van der Waals surface area contributed by atoms with Crippen LogP contribution in [0, 0.1) is 0 Å². The highest BCUT2D eigenvalue weighted by Gasteiger charge is 2.12. The number of carboxylic acid groups (broad SMARTS) is 1. The van der Waals surface area contributed by atoms with Gasteiger partial charge in [0.15, 0.2) is 0 Å². The first-order chi connectivity index (χ1) is 20.0. The summed E-state index contributed by atoms with van der Waals surface area (Å²) in [5, 5.41) is 18.7. The van der Waals surface area contributed by atoms with Crippen molar-refractivity contribution in [3.05, 3.63) is 48.6 Å². The molecule has 0 rings (SSSR count). The number of aliphatic hydroxyl groups excluding tert-OH is 1. The summed E-state index contributed by atoms with van der Waals surface area (Å²) >= 11 is 0. The molecule has 0 heterocycles. The van der Waals surface area contributed by atoms with E-state index in [1.54, 1.807) is 0 Å². The highest BCUT2D eigenvalue weighted by molar-refractivity contribution is 5.69. The van der Waals surface area contributed by atoms with Gasteiger partial charge in [-0.05, 0) is 83.5 Å². The molecule has 0 aromatic rings. The number of hydrogen-bond donors (Lipinski definition) is 2. The number of esters is 1. The zero-order valence-corrected chi connectivity index (χ0v) is 26.4. The van der Waals surface area contributed by atoms with Crippen molar-refractivity contribution in [1.29, 1.82) is 0 Å². The van der Waals surface area contributed by atoms with Crippen LogP contribution in [0.4, 0.5) is 0 Å². The summed E-state index contributed by atoms with van der Waals surface area (Å²) in [7, 11) is 0. The highest BCUT2D eigenvalue weighted by Crippen LogP contribution is 2.14. The molecule has 41 heavy (non-hydrogen) atoms. The van der Waals surface area contributed by atoms with E-state index < -0.39 is 5.97 Å². The average Bonchev–Trinajstić information content (AvgIpc) is 2.95. The van der Waals surface area contributed by atoms with Crippen LogP contribution in [0.1, 0.15) is 155 Å². The van der Waals surface area contributed by atoms with E-state index >= 15 is 0 Å². The van der Waals surface area contributed by atoms with E-state index in [-0.39, 0.29) is 24.6 Å². The number of aliphatic carboxylic acids is 1. The van der Waals surface area contributed by atoms with E-state index in [0.29, 0.717) is 6.42 Å². The Hall–Kier alpha value is -2.14. The topological polar surface area (TPSA) is 83.8 Å². The molecular weight excluding hydrogens is 512 g/mol. The molecule has 5 nitrogen and oxygen atoms in total. The second-order valence-corrected chi connectivity index (χ2v) is 11.1. The van der Waals surface area contributed by atoms with Crippen LogP contribution in [0.5, 0.6) is 0 Å². The highest BCUT2D eigenvalue weighted by atomic mass is 16.5. The minimum atomic E-state index is -0.705. The molecular formula is C36H62O5. The summed E-state index contributed by atoms with van der Waals surface area (Å²) in [6.45, 7) is 4.25. The van der Waals surface area contributed by atoms with E-state index in [4.69, 9.17) is 9.84 Å². The van der Waals surface area contributed by atoms with Gasteiger partial charge >= 0.3 is 11.9 Å². The number of rotatable bonds is 29. The Morgan fingerprint density at radius 1 is 0.585 bits per heavy atom. The van der Waals surface area contributed by atoms with Crippen LogP contribution in [-0.4, -0.2) is 34.4 Å². The standard InChI is InChI=1S/C36H62O5/c1-3-5-7-21-27-33(37)28-22-17-13-9-12-16-20-26-32-36(40)41-34(29-23-8-6-4-2)30-24-18-14-10-11-15-19-25-31-35(38)39/h5-8,17-18,22,24,33-34,37H,3-4,9-16,19-21,23,25-32H2,1-2H3,(H,38,39)/b7-5-,8-6-,22-17-,24-18-. The van der Waals surface area contributed by atoms with Crippen LogP contribution < -0.4 is 0 Å². The van der Waals surface area contributed by atoms with Gasteiger partial charge in [-0.2, -0.15) is 0 Å². The first kappa shape index (κ1) is 38.9. The van der Waals surface area contributed by atoms with Crippen LogP contribution in [0.3, 0.4) is 0 Å². The van der Waals surface area contributed by atoms with Crippen molar-refractivity contribution in [1.82, 2.24) is 0 Å². The first-order valence-corrected chi connectivity index (χ1v) is 16.7. The number of carboxylic acids is 1. The van der Waals surface area contributed by atoms with Crippen molar-refractivity contribution in [3.8, 4) is 0 Å². The molecule has 0 aliphatic rings. The first-order valence-electron chi connectivity index (χ1n) is 16.7. The van der Waals surface area contributed by atoms with Gasteiger partial charge in [0.05, 0.1) is 6.10 Å². The van der Waals surface area contributed by atoms with E-state index in [1.165, 1.54) is 6.42 Å². The molecule has 0 amide bonds. The average molecular weight is 575 g/mol. The number of allylic oxidation sites excluding steroid dienone is 6. The van der Waals surface area contributed by atoms with Gasteiger partial charge in [0, 0.05) is 19.3 Å². The summed E-state index contributed by atoms with van der Waals surface area (Å²) in [4.78, 5) is 23.0. The molecule has 0 aliphatic carbocycles. The molecule has 0 saturated carbocycles. The van der Waals surface area contributed by atoms with Gasteiger partial charge in [-0.15, -0.1) is 0 Å². The molecule has 0 spiro atoms. The van der Waals surface area contributed by atoms with E-state index in [0.717, 1.165) is 122 Å². The lowest BCUT2D eigenvalue weighted by Crippen LogP contribution is -2.17. The number of hydrogen-bond acceptors (Lipinski definition) is 4. The monoisotopic (exact) mass is 574 g/mol. The fourth-order valence-corrected chi connectivity index (χ4v) is 4.59. The predicted octanol–water partition coefficient (Wildman–Crippen LogP) is 10.2. The molecule has 2 unspecified atom stereocenters. The van der Waals surface area contributed by atoms with E-state index in [1.807, 2.05) is 0 Å². The molecule has 0 bridgehead atoms. The SMILES string of the molecule is CC/C=C\CCC(O)C/C=C\CCCCCCCC(=O)OC(C/C=C\CCCCCCCC(=O)O)CC/C=C\CC. The van der Waals surface area contributed by atoms with Crippen LogP contribution in [0.15, 0.2) is 48.6 Å². The van der Waals surface area contributed by atoms with Gasteiger partial charge in [0.25, 0.3) is 0 Å². The molecule has 0 saturated heterocycles. The van der Waals surface area contributed by atoms with Crippen molar-refractivity contribution < 1.29 is 24.5 Å². The smallest absolute Gasteiger partial charge is 0.306 e. The molecule has 5 heteroatoms. The second-order valence-electron chi connectivity index (χ2n) is 11.1. The number of unbranched alkanes of at least 4 members (excludes halogenated alkanes) is 10. The lowest BCUT2D eigenvalue weighted by Gasteiger charge is -2.16. The molecule has 0 aromatic heterocycles. The number of carbonyl (C=O) groups excluding carboxylic acids is 1. The van der Waals surface area contributed by atoms with Gasteiger partial charge in [-0.1, -0.05) is 101 Å². The van der Waals surface area contributed by atoms with Gasteiger partial charge in [-0.3, -0.25) is 9.59 Å². The summed E-state index contributed by atoms with van der Waals surface area (Å²) < 4.78 is 5.84. The largest absolute Gasteiger partial charge is 0.481 e. The van der Waals surface area contributed by atoms with E-state index in [9.17, 15) is 14.7 Å². The maximum absolute atomic E-state index is 12.5. The zero-order valence-electron chi connectivity index (χ0n) is 26.4. The molecule has 2 atom stereocenters. The Bertz CT molecular complexity index is 721. The number of carbonyl (C=O) groups is 2. The minimum Gasteiger partial charge on any atom is -0.481 e. The third-order valence-electron chi connectivity index (χ3n) is 7.08. The number of ether oxygens (including phenoxy) is 1. The van der Waals surface area contributed by atoms with Crippen molar-refractivity contribution in [2.75, 3.05) is 0 Å². The zero-order chi connectivity index (χ0) is 30.2. The molecule has 0 fully saturated rings. The summed E-state index contributed by atoms with van der Waals surface area (Å²) in [6, 6.07) is 0. The fraction of sp³-hybridized carbons (Fsp3) is 0.722. The number of aliphatic hydroxyl groups is 1. The summed E-state index contributed by atoms with van der Waals surface area (Å²) in [5.41, 5.74) is 0. The maximum Gasteiger partial charge on any atom is 0.306 e. The van der Waals surface area contributed by atoms with Crippen molar-refractivity contribution >= 4 is 11.9 Å². The Morgan fingerprint density at radius 2 is 1.07 bits per heavy atom. The van der Waals surface area contributed by atoms with Crippen LogP contribution in [-0.2, 0) is 14.3 Å². The third-order valence-corrected chi connectivity index (χ3v) is 7.08. The van der Waals surface area contributed by atoms with Gasteiger partial charge in [0.1, 0.15) is 6.10 Å². The normalized spacial score (nSPS) is 13.6. The third kappa shape index (κ3) is 30.6. The fourth-order valence-electron chi connectivity index (χ4n) is 4.59. The van der Waals surface area contributed by atoms with Crippen molar-refractivity contribution in [2.45, 2.75) is 167 Å². The van der Waals surface area contributed by atoms with Crippen molar-refractivity contribution in [3.63, 3.8) is 0 Å². The van der Waals surface area contributed by atoms with Crippen LogP contribution >= 0.6 is 0 Å². The van der Waals surface area contributed by atoms with Gasteiger partial charge in [-0.25, -0.2) is 0 Å². The second kappa shape index (κ2) is 30.8. The van der Waals surface area contributed by atoms with Crippen LogP contribution in [0.2, 0.25) is 0 Å². The Kier molecular flexibility index (Phi) is 29.2. The quantitative estimate of drug-likeness (QED) is 0.0527. The molecule has 2 N–H and O–H groups in total. The Morgan fingerprint density at radius 3 is 1.66 bits per heavy atom. The molecule has 0 aromatic carbocycles. The Labute approximate surface area is 252 Å². The Balaban J connectivity index is 4.01. The predicted molar refractivity (Wildman–Crippen MR) is 173 cm³/mol. The summed E-state index contributed by atoms with van der Waals surface area (Å²) in [5.74, 6) is -0.779. The van der Waals surface area contributed by atoms with Crippen molar-refractivity contribution in [2.24, 2.45) is 0 Å².